The summed E-state index contributed by atoms with van der Waals surface area (Å²) in [4.78, 5) is 41.9. The molecule has 0 aliphatic carbocycles. The summed E-state index contributed by atoms with van der Waals surface area (Å²) in [5.74, 6) is -2.11. The zero-order valence-electron chi connectivity index (χ0n) is 14.2. The number of fused-ring (bicyclic) bond motifs is 1. The van der Waals surface area contributed by atoms with Crippen molar-refractivity contribution >= 4 is 23.0 Å². The van der Waals surface area contributed by atoms with Gasteiger partial charge < -0.3 is 14.8 Å². The third-order valence-electron chi connectivity index (χ3n) is 4.24. The smallest absolute Gasteiger partial charge is 0.338 e. The van der Waals surface area contributed by atoms with Gasteiger partial charge in [0.1, 0.15) is 5.52 Å². The quantitative estimate of drug-likeness (QED) is 0.475. The van der Waals surface area contributed by atoms with Crippen LogP contribution in [0.1, 0.15) is 26.3 Å². The number of carboxylic acid groups (broad SMARTS) is 2. The Morgan fingerprint density at radius 1 is 1.11 bits per heavy atom. The van der Waals surface area contributed by atoms with E-state index in [0.29, 0.717) is 11.1 Å². The number of H-pyrrole nitrogens is 1. The topological polar surface area (TPSA) is 143 Å². The molecule has 0 bridgehead atoms. The van der Waals surface area contributed by atoms with E-state index in [1.165, 1.54) is 16.9 Å². The first-order valence-electron chi connectivity index (χ1n) is 8.13. The van der Waals surface area contributed by atoms with Crippen molar-refractivity contribution in [3.05, 3.63) is 76.0 Å². The number of aromatic amines is 1. The Hall–Kier alpha value is -4.21. The lowest BCUT2D eigenvalue weighted by Crippen LogP contribution is -2.17. The Kier molecular flexibility index (Phi) is 4.00. The predicted octanol–water partition coefficient (Wildman–Crippen LogP) is 1.35. The van der Waals surface area contributed by atoms with Gasteiger partial charge in [0, 0.05) is 18.9 Å². The van der Waals surface area contributed by atoms with Gasteiger partial charge in [-0.25, -0.2) is 19.3 Å². The first-order valence-corrected chi connectivity index (χ1v) is 8.13. The summed E-state index contributed by atoms with van der Waals surface area (Å²) in [5, 5.41) is 22.2. The van der Waals surface area contributed by atoms with Crippen LogP contribution in [-0.4, -0.2) is 46.5 Å². The second-order valence-electron chi connectivity index (χ2n) is 6.01. The van der Waals surface area contributed by atoms with E-state index in [0.717, 1.165) is 6.20 Å². The molecular formula is C18H13N5O5. The number of nitrogens with one attached hydrogen (secondary N) is 1. The number of carboxylic acids is 2. The summed E-state index contributed by atoms with van der Waals surface area (Å²) >= 11 is 0. The monoisotopic (exact) mass is 379 g/mol. The van der Waals surface area contributed by atoms with Gasteiger partial charge >= 0.3 is 11.9 Å². The van der Waals surface area contributed by atoms with E-state index in [4.69, 9.17) is 5.11 Å². The van der Waals surface area contributed by atoms with E-state index < -0.39 is 17.5 Å². The molecule has 0 amide bonds. The number of benzene rings is 1. The third kappa shape index (κ3) is 2.92. The van der Waals surface area contributed by atoms with E-state index in [-0.39, 0.29) is 29.1 Å². The summed E-state index contributed by atoms with van der Waals surface area (Å²) in [6, 6.07) is 8.17. The van der Waals surface area contributed by atoms with Gasteiger partial charge in [0.25, 0.3) is 5.56 Å². The number of hydrogen-bond donors (Lipinski definition) is 3. The molecular weight excluding hydrogens is 366 g/mol. The van der Waals surface area contributed by atoms with Gasteiger partial charge in [-0.1, -0.05) is 18.2 Å². The number of hydrogen-bond acceptors (Lipinski definition) is 5. The zero-order valence-corrected chi connectivity index (χ0v) is 14.2. The maximum absolute atomic E-state index is 12.6. The molecule has 1 aromatic carbocycles. The Balaban J connectivity index is 1.76. The van der Waals surface area contributed by atoms with Crippen molar-refractivity contribution < 1.29 is 19.8 Å². The number of carbonyl (C=O) groups is 2. The van der Waals surface area contributed by atoms with Gasteiger partial charge in [0.2, 0.25) is 5.95 Å². The predicted molar refractivity (Wildman–Crippen MR) is 96.9 cm³/mol. The molecule has 10 nitrogen and oxygen atoms in total. The molecule has 3 aromatic heterocycles. The molecule has 3 heterocycles. The second-order valence-corrected chi connectivity index (χ2v) is 6.01. The van der Waals surface area contributed by atoms with E-state index in [1.807, 2.05) is 0 Å². The number of aromatic nitrogens is 5. The fourth-order valence-corrected chi connectivity index (χ4v) is 2.94. The Bertz CT molecular complexity index is 1280. The average molecular weight is 379 g/mol. The lowest BCUT2D eigenvalue weighted by atomic mass is 10.1. The molecule has 4 rings (SSSR count). The number of nitrogens with zero attached hydrogens (tertiary/aromatic N) is 4. The summed E-state index contributed by atoms with van der Waals surface area (Å²) in [5.41, 5.74) is 0.863. The summed E-state index contributed by atoms with van der Waals surface area (Å²) in [6.45, 7) is 0.182. The minimum absolute atomic E-state index is 0.0365. The van der Waals surface area contributed by atoms with Gasteiger partial charge in [-0.15, -0.1) is 0 Å². The van der Waals surface area contributed by atoms with E-state index in [2.05, 4.69) is 15.1 Å². The van der Waals surface area contributed by atoms with Gasteiger partial charge in [0.15, 0.2) is 0 Å². The van der Waals surface area contributed by atoms with Crippen molar-refractivity contribution in [2.45, 2.75) is 6.54 Å². The molecule has 140 valence electrons. The van der Waals surface area contributed by atoms with Crippen LogP contribution in [0.25, 0.3) is 17.0 Å². The highest BCUT2D eigenvalue weighted by atomic mass is 16.4. The van der Waals surface area contributed by atoms with Crippen LogP contribution in [0.5, 0.6) is 0 Å². The number of rotatable bonds is 5. The van der Waals surface area contributed by atoms with Crippen LogP contribution in [0.15, 0.2) is 53.7 Å². The van der Waals surface area contributed by atoms with Crippen molar-refractivity contribution in [1.29, 1.82) is 0 Å². The lowest BCUT2D eigenvalue weighted by Gasteiger charge is -2.08. The molecule has 28 heavy (non-hydrogen) atoms. The van der Waals surface area contributed by atoms with E-state index in [1.54, 1.807) is 35.0 Å². The molecule has 0 atom stereocenters. The summed E-state index contributed by atoms with van der Waals surface area (Å²) < 4.78 is 2.78. The van der Waals surface area contributed by atoms with Gasteiger partial charge in [0.05, 0.1) is 22.8 Å². The third-order valence-corrected chi connectivity index (χ3v) is 4.24. The molecule has 0 spiro atoms. The molecule has 0 unspecified atom stereocenters. The summed E-state index contributed by atoms with van der Waals surface area (Å²) in [6.07, 6.45) is 4.04. The minimum Gasteiger partial charge on any atom is -0.478 e. The van der Waals surface area contributed by atoms with E-state index in [9.17, 15) is 19.5 Å². The zero-order chi connectivity index (χ0) is 19.8. The van der Waals surface area contributed by atoms with Crippen LogP contribution < -0.4 is 5.56 Å². The Morgan fingerprint density at radius 2 is 1.89 bits per heavy atom. The van der Waals surface area contributed by atoms with Crippen molar-refractivity contribution in [2.75, 3.05) is 0 Å². The van der Waals surface area contributed by atoms with Gasteiger partial charge in [-0.2, -0.15) is 5.10 Å². The SMILES string of the molecule is O=C(O)c1cnn(-c2nc3ccn(Cc4ccccc4C(=O)O)c3c(=O)[nH]2)c1. The maximum Gasteiger partial charge on any atom is 0.338 e. The van der Waals surface area contributed by atoms with Crippen molar-refractivity contribution in [1.82, 2.24) is 24.3 Å². The first kappa shape index (κ1) is 17.2. The molecule has 3 N–H and O–H groups in total. The van der Waals surface area contributed by atoms with Crippen molar-refractivity contribution in [3.8, 4) is 5.95 Å². The molecule has 0 aliphatic heterocycles. The van der Waals surface area contributed by atoms with Crippen LogP contribution in [0.2, 0.25) is 0 Å². The molecule has 0 aliphatic rings. The largest absolute Gasteiger partial charge is 0.478 e. The molecule has 4 aromatic rings. The second kappa shape index (κ2) is 6.50. The number of aromatic carboxylic acids is 2. The molecule has 0 saturated carbocycles. The maximum atomic E-state index is 12.6. The highest BCUT2D eigenvalue weighted by Crippen LogP contribution is 2.16. The fourth-order valence-electron chi connectivity index (χ4n) is 2.94. The van der Waals surface area contributed by atoms with Crippen LogP contribution >= 0.6 is 0 Å². The van der Waals surface area contributed by atoms with Crippen LogP contribution in [0.3, 0.4) is 0 Å². The average Bonchev–Trinajstić information content (AvgIpc) is 3.30. The van der Waals surface area contributed by atoms with Crippen LogP contribution in [0.4, 0.5) is 0 Å². The standard InChI is InChI=1S/C18H13N5O5/c24-15-14-13(20-18(21-15)23-9-11(7-19-23)16(25)26)5-6-22(14)8-10-3-1-2-4-12(10)17(27)28/h1-7,9H,8H2,(H,25,26)(H,27,28)(H,20,21,24). The Labute approximate surface area is 156 Å². The van der Waals surface area contributed by atoms with Crippen LogP contribution in [-0.2, 0) is 6.54 Å². The highest BCUT2D eigenvalue weighted by Gasteiger charge is 2.15. The molecule has 10 heteroatoms. The van der Waals surface area contributed by atoms with E-state index >= 15 is 0 Å². The minimum atomic E-state index is -1.14. The molecule has 0 saturated heterocycles. The normalized spacial score (nSPS) is 11.0. The van der Waals surface area contributed by atoms with Crippen LogP contribution in [0, 0.1) is 0 Å². The van der Waals surface area contributed by atoms with Gasteiger partial charge in [-0.3, -0.25) is 9.78 Å². The highest BCUT2D eigenvalue weighted by molar-refractivity contribution is 5.89. The Morgan fingerprint density at radius 3 is 2.61 bits per heavy atom. The molecule has 0 fully saturated rings. The van der Waals surface area contributed by atoms with Crippen molar-refractivity contribution in [2.24, 2.45) is 0 Å². The molecule has 0 radical (unpaired) electrons. The fraction of sp³-hybridized carbons (Fsp3) is 0.0556. The summed E-state index contributed by atoms with van der Waals surface area (Å²) in [7, 11) is 0. The van der Waals surface area contributed by atoms with Crippen molar-refractivity contribution in [3.63, 3.8) is 0 Å². The lowest BCUT2D eigenvalue weighted by molar-refractivity contribution is 0.0685. The van der Waals surface area contributed by atoms with Gasteiger partial charge in [-0.05, 0) is 17.7 Å². The first-order chi connectivity index (χ1) is 13.4.